The number of carbonyl (C=O) groups excluding carboxylic acids is 1. The number of ether oxygens (including phenoxy) is 1. The van der Waals surface area contributed by atoms with Crippen LogP contribution in [0.3, 0.4) is 0 Å². The largest absolute Gasteiger partial charge is 0.450 e. The van der Waals surface area contributed by atoms with E-state index in [1.807, 2.05) is 17.0 Å². The van der Waals surface area contributed by atoms with Gasteiger partial charge in [0.15, 0.2) is 0 Å². The highest BCUT2D eigenvalue weighted by molar-refractivity contribution is 9.10. The van der Waals surface area contributed by atoms with Gasteiger partial charge in [0.1, 0.15) is 0 Å². The van der Waals surface area contributed by atoms with E-state index in [-0.39, 0.29) is 6.09 Å². The fourth-order valence-corrected chi connectivity index (χ4v) is 3.31. The summed E-state index contributed by atoms with van der Waals surface area (Å²) < 4.78 is 6.50. The van der Waals surface area contributed by atoms with Crippen molar-refractivity contribution < 1.29 is 9.53 Å². The summed E-state index contributed by atoms with van der Waals surface area (Å²) in [6.07, 6.45) is -0.159. The minimum atomic E-state index is -1.14. The molecule has 0 unspecified atom stereocenters. The molecule has 0 bridgehead atoms. The molecule has 0 aliphatic carbocycles. The van der Waals surface area contributed by atoms with Gasteiger partial charge in [-0.25, -0.2) is 4.79 Å². The van der Waals surface area contributed by atoms with E-state index in [0.29, 0.717) is 6.61 Å². The Bertz CT molecular complexity index is 494. The maximum atomic E-state index is 12.1. The Balaban J connectivity index is 1.77. The van der Waals surface area contributed by atoms with Crippen molar-refractivity contribution in [2.24, 2.45) is 0 Å². The highest BCUT2D eigenvalue weighted by atomic mass is 79.9. The molecule has 0 aromatic heterocycles. The number of halogens is 1. The van der Waals surface area contributed by atoms with Gasteiger partial charge >= 0.3 is 6.09 Å². The van der Waals surface area contributed by atoms with Crippen molar-refractivity contribution >= 4 is 35.8 Å². The first-order valence-electron chi connectivity index (χ1n) is 7.77. The van der Waals surface area contributed by atoms with E-state index in [2.05, 4.69) is 52.6 Å². The van der Waals surface area contributed by atoms with Crippen molar-refractivity contribution in [2.75, 3.05) is 37.7 Å². The molecule has 1 saturated heterocycles. The van der Waals surface area contributed by atoms with E-state index in [0.717, 1.165) is 36.7 Å². The number of rotatable bonds is 4. The van der Waals surface area contributed by atoms with Gasteiger partial charge in [-0.05, 0) is 30.3 Å². The maximum Gasteiger partial charge on any atom is 0.409 e. The molecule has 0 atom stereocenters. The molecule has 1 aliphatic heterocycles. The number of amides is 1. The fraction of sp³-hybridized carbons (Fsp3) is 0.562. The smallest absolute Gasteiger partial charge is 0.409 e. The van der Waals surface area contributed by atoms with Gasteiger partial charge in [-0.3, -0.25) is 0 Å². The number of benzene rings is 1. The average molecular weight is 385 g/mol. The molecule has 122 valence electrons. The van der Waals surface area contributed by atoms with Crippen LogP contribution in [0.2, 0.25) is 25.7 Å². The van der Waals surface area contributed by atoms with Crippen molar-refractivity contribution in [3.63, 3.8) is 0 Å². The van der Waals surface area contributed by atoms with Crippen molar-refractivity contribution in [1.29, 1.82) is 0 Å². The van der Waals surface area contributed by atoms with Crippen LogP contribution in [0.15, 0.2) is 28.7 Å². The first kappa shape index (κ1) is 17.3. The monoisotopic (exact) mass is 384 g/mol. The maximum absolute atomic E-state index is 12.1. The third-order valence-corrected chi connectivity index (χ3v) is 6.04. The summed E-state index contributed by atoms with van der Waals surface area (Å²) in [5.74, 6) is 0. The summed E-state index contributed by atoms with van der Waals surface area (Å²) in [5, 5.41) is 0. The summed E-state index contributed by atoms with van der Waals surface area (Å²) in [6, 6.07) is 9.33. The molecule has 1 heterocycles. The Hall–Kier alpha value is -1.01. The number of piperazine rings is 1. The Labute approximate surface area is 142 Å². The molecule has 1 fully saturated rings. The molecule has 0 N–H and O–H groups in total. The van der Waals surface area contributed by atoms with Crippen LogP contribution in [0, 0.1) is 0 Å². The van der Waals surface area contributed by atoms with Gasteiger partial charge < -0.3 is 14.5 Å². The number of carbonyl (C=O) groups is 1. The van der Waals surface area contributed by atoms with Crippen LogP contribution in [0.25, 0.3) is 0 Å². The molecule has 1 aromatic rings. The van der Waals surface area contributed by atoms with Gasteiger partial charge in [-0.1, -0.05) is 35.6 Å². The Kier molecular flexibility index (Phi) is 5.92. The number of hydrogen-bond acceptors (Lipinski definition) is 3. The van der Waals surface area contributed by atoms with Gasteiger partial charge in [0.05, 0.1) is 6.61 Å². The van der Waals surface area contributed by atoms with Crippen LogP contribution in [-0.2, 0) is 4.74 Å². The molecule has 0 radical (unpaired) electrons. The number of anilines is 1. The number of hydrogen-bond donors (Lipinski definition) is 0. The molecule has 1 aromatic carbocycles. The Morgan fingerprint density at radius 2 is 1.73 bits per heavy atom. The third-order valence-electron chi connectivity index (χ3n) is 3.81. The molecule has 2 rings (SSSR count). The quantitative estimate of drug-likeness (QED) is 0.734. The summed E-state index contributed by atoms with van der Waals surface area (Å²) in [5.41, 5.74) is 1.20. The topological polar surface area (TPSA) is 32.8 Å². The van der Waals surface area contributed by atoms with Gasteiger partial charge in [-0.2, -0.15) is 0 Å². The van der Waals surface area contributed by atoms with Crippen LogP contribution in [0.4, 0.5) is 10.5 Å². The predicted molar refractivity (Wildman–Crippen MR) is 97.4 cm³/mol. The highest BCUT2D eigenvalue weighted by Crippen LogP contribution is 2.20. The molecule has 22 heavy (non-hydrogen) atoms. The van der Waals surface area contributed by atoms with Crippen molar-refractivity contribution in [1.82, 2.24) is 4.90 Å². The minimum Gasteiger partial charge on any atom is -0.450 e. The molecule has 1 aliphatic rings. The van der Waals surface area contributed by atoms with Crippen molar-refractivity contribution in [2.45, 2.75) is 25.7 Å². The van der Waals surface area contributed by atoms with E-state index < -0.39 is 8.07 Å². The van der Waals surface area contributed by atoms with E-state index in [1.54, 1.807) is 0 Å². The normalized spacial score (nSPS) is 15.8. The van der Waals surface area contributed by atoms with Gasteiger partial charge in [0.25, 0.3) is 0 Å². The highest BCUT2D eigenvalue weighted by Gasteiger charge is 2.23. The van der Waals surface area contributed by atoms with Gasteiger partial charge in [0, 0.05) is 44.4 Å². The van der Waals surface area contributed by atoms with E-state index in [1.165, 1.54) is 5.69 Å². The molecular weight excluding hydrogens is 360 g/mol. The average Bonchev–Trinajstić information content (AvgIpc) is 2.47. The van der Waals surface area contributed by atoms with E-state index in [4.69, 9.17) is 4.74 Å². The van der Waals surface area contributed by atoms with Crippen molar-refractivity contribution in [3.05, 3.63) is 28.7 Å². The lowest BCUT2D eigenvalue weighted by molar-refractivity contribution is 0.105. The lowest BCUT2D eigenvalue weighted by Crippen LogP contribution is -2.49. The van der Waals surface area contributed by atoms with Crippen LogP contribution in [-0.4, -0.2) is 51.9 Å². The zero-order valence-corrected chi connectivity index (χ0v) is 16.2. The van der Waals surface area contributed by atoms with Crippen molar-refractivity contribution in [3.8, 4) is 0 Å². The lowest BCUT2D eigenvalue weighted by atomic mass is 10.2. The fourth-order valence-electron chi connectivity index (χ4n) is 2.33. The summed E-state index contributed by atoms with van der Waals surface area (Å²) in [6.45, 7) is 10.6. The Morgan fingerprint density at radius 3 is 2.27 bits per heavy atom. The third kappa shape index (κ3) is 5.32. The molecule has 4 nitrogen and oxygen atoms in total. The van der Waals surface area contributed by atoms with Gasteiger partial charge in [-0.15, -0.1) is 0 Å². The molecular formula is C16H25BrN2O2Si. The SMILES string of the molecule is C[Si](C)(C)CCOC(=O)N1CCN(c2ccc(Br)cc2)CC1. The van der Waals surface area contributed by atoms with E-state index in [9.17, 15) is 4.79 Å². The minimum absolute atomic E-state index is 0.159. The molecule has 0 spiro atoms. The van der Waals surface area contributed by atoms with Crippen LogP contribution in [0.1, 0.15) is 0 Å². The summed E-state index contributed by atoms with van der Waals surface area (Å²) >= 11 is 3.45. The molecule has 1 amide bonds. The van der Waals surface area contributed by atoms with Crippen LogP contribution in [0.5, 0.6) is 0 Å². The number of nitrogens with zero attached hydrogens (tertiary/aromatic N) is 2. The summed E-state index contributed by atoms with van der Waals surface area (Å²) in [4.78, 5) is 16.2. The Morgan fingerprint density at radius 1 is 1.14 bits per heavy atom. The second-order valence-electron chi connectivity index (χ2n) is 6.88. The molecule has 0 saturated carbocycles. The second kappa shape index (κ2) is 7.50. The van der Waals surface area contributed by atoms with Crippen LogP contribution < -0.4 is 4.90 Å². The second-order valence-corrected chi connectivity index (χ2v) is 13.4. The molecule has 6 heteroatoms. The lowest BCUT2D eigenvalue weighted by Gasteiger charge is -2.35. The predicted octanol–water partition coefficient (Wildman–Crippen LogP) is 4.05. The summed E-state index contributed by atoms with van der Waals surface area (Å²) in [7, 11) is -1.14. The first-order valence-corrected chi connectivity index (χ1v) is 12.3. The van der Waals surface area contributed by atoms with Gasteiger partial charge in [0.2, 0.25) is 0 Å². The zero-order chi connectivity index (χ0) is 16.2. The standard InChI is InChI=1S/C16H25BrN2O2Si/c1-22(2,3)13-12-21-16(20)19-10-8-18(9-11-19)15-6-4-14(17)5-7-15/h4-7H,8-13H2,1-3H3. The first-order chi connectivity index (χ1) is 10.3. The van der Waals surface area contributed by atoms with Crippen LogP contribution >= 0.6 is 15.9 Å². The zero-order valence-electron chi connectivity index (χ0n) is 13.6. The van der Waals surface area contributed by atoms with E-state index >= 15 is 0 Å².